The first-order chi connectivity index (χ1) is 12.1. The number of amides is 2. The maximum atomic E-state index is 13.5. The van der Waals surface area contributed by atoms with Crippen LogP contribution in [0.4, 0.5) is 14.9 Å². The predicted molar refractivity (Wildman–Crippen MR) is 95.4 cm³/mol. The number of hydrogen-bond donors (Lipinski definition) is 2. The zero-order valence-corrected chi connectivity index (χ0v) is 13.9. The molecule has 0 aliphatic heterocycles. The maximum Gasteiger partial charge on any atom is 0.319 e. The van der Waals surface area contributed by atoms with E-state index in [0.717, 1.165) is 11.3 Å². The molecule has 0 aliphatic rings. The molecule has 128 valence electrons. The van der Waals surface area contributed by atoms with Gasteiger partial charge in [0.15, 0.2) is 0 Å². The first-order valence-electron chi connectivity index (χ1n) is 8.02. The van der Waals surface area contributed by atoms with Gasteiger partial charge >= 0.3 is 6.03 Å². The number of halogens is 1. The molecule has 3 aromatic rings. The second kappa shape index (κ2) is 7.61. The molecule has 0 atom stereocenters. The molecule has 25 heavy (non-hydrogen) atoms. The zero-order chi connectivity index (χ0) is 17.6. The summed E-state index contributed by atoms with van der Waals surface area (Å²) in [5.74, 6) is -0.342. The Morgan fingerprint density at radius 1 is 1.20 bits per heavy atom. The minimum Gasteiger partial charge on any atom is -0.338 e. The monoisotopic (exact) mass is 338 g/mol. The van der Waals surface area contributed by atoms with E-state index in [1.54, 1.807) is 29.9 Å². The third-order valence-electron chi connectivity index (χ3n) is 3.79. The van der Waals surface area contributed by atoms with Crippen molar-refractivity contribution in [2.75, 3.05) is 11.9 Å². The number of para-hydroxylation sites is 1. The number of anilines is 1. The van der Waals surface area contributed by atoms with Crippen molar-refractivity contribution in [3.05, 3.63) is 77.9 Å². The minimum absolute atomic E-state index is 0.342. The molecular formula is C19H19FN4O. The van der Waals surface area contributed by atoms with Crippen LogP contribution in [-0.2, 0) is 6.42 Å². The lowest BCUT2D eigenvalue weighted by Gasteiger charge is -2.08. The van der Waals surface area contributed by atoms with Crippen LogP contribution in [0.3, 0.4) is 0 Å². The van der Waals surface area contributed by atoms with Crippen LogP contribution in [0.5, 0.6) is 0 Å². The normalized spacial score (nSPS) is 10.5. The molecule has 0 bridgehead atoms. The largest absolute Gasteiger partial charge is 0.338 e. The summed E-state index contributed by atoms with van der Waals surface area (Å²) in [6, 6.07) is 14.1. The van der Waals surface area contributed by atoms with E-state index in [1.165, 1.54) is 6.07 Å². The van der Waals surface area contributed by atoms with Gasteiger partial charge < -0.3 is 10.6 Å². The third kappa shape index (κ3) is 4.44. The highest BCUT2D eigenvalue weighted by atomic mass is 19.1. The molecular weight excluding hydrogens is 319 g/mol. The molecule has 0 unspecified atom stereocenters. The van der Waals surface area contributed by atoms with Gasteiger partial charge in [0, 0.05) is 18.4 Å². The molecule has 5 nitrogen and oxygen atoms in total. The Balaban J connectivity index is 1.48. The van der Waals surface area contributed by atoms with E-state index in [0.29, 0.717) is 24.2 Å². The van der Waals surface area contributed by atoms with Gasteiger partial charge in [-0.2, -0.15) is 5.10 Å². The van der Waals surface area contributed by atoms with E-state index in [9.17, 15) is 9.18 Å². The van der Waals surface area contributed by atoms with E-state index in [-0.39, 0.29) is 11.8 Å². The van der Waals surface area contributed by atoms with E-state index >= 15 is 0 Å². The Morgan fingerprint density at radius 3 is 2.76 bits per heavy atom. The zero-order valence-electron chi connectivity index (χ0n) is 13.9. The van der Waals surface area contributed by atoms with Crippen molar-refractivity contribution in [3.63, 3.8) is 0 Å². The van der Waals surface area contributed by atoms with Gasteiger partial charge in [-0.3, -0.25) is 0 Å². The van der Waals surface area contributed by atoms with Crippen LogP contribution in [-0.4, -0.2) is 22.4 Å². The Morgan fingerprint density at radius 2 is 2.00 bits per heavy atom. The Bertz CT molecular complexity index is 861. The van der Waals surface area contributed by atoms with Crippen molar-refractivity contribution >= 4 is 11.7 Å². The summed E-state index contributed by atoms with van der Waals surface area (Å²) >= 11 is 0. The fraction of sp³-hybridized carbons (Fsp3) is 0.158. The molecule has 0 spiro atoms. The molecule has 1 aromatic heterocycles. The van der Waals surface area contributed by atoms with E-state index in [1.807, 2.05) is 36.5 Å². The molecule has 0 radical (unpaired) electrons. The van der Waals surface area contributed by atoms with E-state index in [2.05, 4.69) is 15.7 Å². The third-order valence-corrected chi connectivity index (χ3v) is 3.79. The molecule has 0 saturated carbocycles. The fourth-order valence-corrected chi connectivity index (χ4v) is 2.38. The summed E-state index contributed by atoms with van der Waals surface area (Å²) in [6.45, 7) is 2.13. The van der Waals surface area contributed by atoms with Gasteiger partial charge in [0.1, 0.15) is 5.82 Å². The second-order valence-corrected chi connectivity index (χ2v) is 5.72. The van der Waals surface area contributed by atoms with Crippen LogP contribution in [0.2, 0.25) is 0 Å². The van der Waals surface area contributed by atoms with Gasteiger partial charge in [0.05, 0.1) is 11.9 Å². The smallest absolute Gasteiger partial charge is 0.319 e. The number of aryl methyl sites for hydroxylation is 1. The number of benzene rings is 2. The van der Waals surface area contributed by atoms with Gasteiger partial charge in [-0.25, -0.2) is 13.9 Å². The van der Waals surface area contributed by atoms with Crippen LogP contribution < -0.4 is 10.6 Å². The first kappa shape index (κ1) is 16.7. The number of nitrogens with one attached hydrogen (secondary N) is 2. The Hall–Kier alpha value is -3.15. The molecule has 0 saturated heterocycles. The van der Waals surface area contributed by atoms with Crippen LogP contribution >= 0.6 is 0 Å². The van der Waals surface area contributed by atoms with Crippen molar-refractivity contribution in [2.24, 2.45) is 0 Å². The summed E-state index contributed by atoms with van der Waals surface area (Å²) in [5, 5.41) is 9.69. The van der Waals surface area contributed by atoms with Gasteiger partial charge in [-0.1, -0.05) is 24.3 Å². The molecule has 6 heteroatoms. The summed E-state index contributed by atoms with van der Waals surface area (Å²) in [6.07, 6.45) is 4.37. The molecule has 3 rings (SSSR count). The number of rotatable bonds is 5. The maximum absolute atomic E-state index is 13.5. The molecule has 2 N–H and O–H groups in total. The Labute approximate surface area is 145 Å². The molecule has 2 amide bonds. The second-order valence-electron chi connectivity index (χ2n) is 5.72. The van der Waals surface area contributed by atoms with Crippen LogP contribution in [0.1, 0.15) is 11.1 Å². The Kier molecular flexibility index (Phi) is 5.09. The van der Waals surface area contributed by atoms with E-state index < -0.39 is 0 Å². The fourth-order valence-electron chi connectivity index (χ4n) is 2.38. The molecule has 1 heterocycles. The first-order valence-corrected chi connectivity index (χ1v) is 8.02. The lowest BCUT2D eigenvalue weighted by atomic mass is 10.2. The van der Waals surface area contributed by atoms with Crippen molar-refractivity contribution in [3.8, 4) is 5.69 Å². The average molecular weight is 338 g/mol. The van der Waals surface area contributed by atoms with Crippen molar-refractivity contribution < 1.29 is 9.18 Å². The quantitative estimate of drug-likeness (QED) is 0.745. The summed E-state index contributed by atoms with van der Waals surface area (Å²) < 4.78 is 15.3. The SMILES string of the molecule is Cc1ccc(NC(=O)NCCc2cnn(-c3ccccc3)c2)cc1F. The molecule has 0 fully saturated rings. The predicted octanol–water partition coefficient (Wildman–Crippen LogP) is 3.68. The van der Waals surface area contributed by atoms with Gasteiger partial charge in [0.2, 0.25) is 0 Å². The lowest BCUT2D eigenvalue weighted by Crippen LogP contribution is -2.30. The van der Waals surface area contributed by atoms with Gasteiger partial charge in [-0.15, -0.1) is 0 Å². The number of hydrogen-bond acceptors (Lipinski definition) is 2. The van der Waals surface area contributed by atoms with Crippen molar-refractivity contribution in [1.82, 2.24) is 15.1 Å². The van der Waals surface area contributed by atoms with Crippen molar-refractivity contribution in [1.29, 1.82) is 0 Å². The van der Waals surface area contributed by atoms with Gasteiger partial charge in [-0.05, 0) is 48.7 Å². The lowest BCUT2D eigenvalue weighted by molar-refractivity contribution is 0.252. The summed E-state index contributed by atoms with van der Waals surface area (Å²) in [7, 11) is 0. The van der Waals surface area contributed by atoms with Crippen molar-refractivity contribution in [2.45, 2.75) is 13.3 Å². The highest BCUT2D eigenvalue weighted by molar-refractivity contribution is 5.89. The highest BCUT2D eigenvalue weighted by Crippen LogP contribution is 2.13. The van der Waals surface area contributed by atoms with E-state index in [4.69, 9.17) is 0 Å². The highest BCUT2D eigenvalue weighted by Gasteiger charge is 2.05. The molecule has 0 aliphatic carbocycles. The number of aromatic nitrogens is 2. The van der Waals surface area contributed by atoms with Gasteiger partial charge in [0.25, 0.3) is 0 Å². The summed E-state index contributed by atoms with van der Waals surface area (Å²) in [4.78, 5) is 11.9. The standard InChI is InChI=1S/C19H19FN4O/c1-14-7-8-16(11-18(14)20)23-19(25)21-10-9-15-12-22-24(13-15)17-5-3-2-4-6-17/h2-8,11-13H,9-10H2,1H3,(H2,21,23,25). The number of nitrogens with zero attached hydrogens (tertiary/aromatic N) is 2. The topological polar surface area (TPSA) is 59.0 Å². The molecule has 2 aromatic carbocycles. The van der Waals surface area contributed by atoms with Crippen LogP contribution in [0.25, 0.3) is 5.69 Å². The van der Waals surface area contributed by atoms with Crippen LogP contribution in [0, 0.1) is 12.7 Å². The number of urea groups is 1. The summed E-state index contributed by atoms with van der Waals surface area (Å²) in [5.41, 5.74) is 2.98. The van der Waals surface area contributed by atoms with Crippen LogP contribution in [0.15, 0.2) is 60.9 Å². The average Bonchev–Trinajstić information content (AvgIpc) is 3.08. The minimum atomic E-state index is -0.362. The number of carbonyl (C=O) groups excluding carboxylic acids is 1. The number of carbonyl (C=O) groups is 1.